The van der Waals surface area contributed by atoms with Gasteiger partial charge in [-0.05, 0) is 17.7 Å². The molecule has 0 aliphatic carbocycles. The summed E-state index contributed by atoms with van der Waals surface area (Å²) in [6, 6.07) is 8.19. The molecule has 5 atom stereocenters. The predicted molar refractivity (Wildman–Crippen MR) is 82.5 cm³/mol. The molecule has 1 heterocycles. The summed E-state index contributed by atoms with van der Waals surface area (Å²) in [5.74, 6) is -0.579. The minimum atomic E-state index is -1.27. The zero-order valence-electron chi connectivity index (χ0n) is 12.3. The lowest BCUT2D eigenvalue weighted by Crippen LogP contribution is -2.57. The summed E-state index contributed by atoms with van der Waals surface area (Å²) in [5, 5.41) is 23.1. The van der Waals surface area contributed by atoms with Crippen molar-refractivity contribution in [2.45, 2.75) is 41.6 Å². The van der Waals surface area contributed by atoms with E-state index in [9.17, 15) is 15.0 Å². The van der Waals surface area contributed by atoms with E-state index >= 15 is 0 Å². The van der Waals surface area contributed by atoms with Crippen LogP contribution >= 0.6 is 11.8 Å². The Labute approximate surface area is 137 Å². The van der Waals surface area contributed by atoms with Gasteiger partial charge in [-0.15, -0.1) is 0 Å². The fourth-order valence-electron chi connectivity index (χ4n) is 2.30. The Kier molecular flexibility index (Phi) is 6.26. The highest BCUT2D eigenvalue weighted by Crippen LogP contribution is 2.36. The Hall–Kier alpha value is -1.77. The van der Waals surface area contributed by atoms with Crippen LogP contribution in [0.1, 0.15) is 6.92 Å². The monoisotopic (exact) mass is 339 g/mol. The fraction of sp³-hybridized carbons (Fsp3) is 0.500. The molecule has 0 aromatic heterocycles. The smallest absolute Gasteiger partial charge is 0.303 e. The molecule has 0 radical (unpaired) electrons. The highest BCUT2D eigenvalue weighted by atomic mass is 32.2. The van der Waals surface area contributed by atoms with Crippen molar-refractivity contribution in [2.24, 2.45) is 5.11 Å². The summed E-state index contributed by atoms with van der Waals surface area (Å²) >= 11 is 1.26. The van der Waals surface area contributed by atoms with E-state index in [1.54, 1.807) is 0 Å². The number of benzene rings is 1. The second kappa shape index (κ2) is 8.19. The molecular formula is C14H17N3O5S. The van der Waals surface area contributed by atoms with Crippen LogP contribution in [0.4, 0.5) is 0 Å². The Morgan fingerprint density at radius 2 is 2.17 bits per heavy atom. The summed E-state index contributed by atoms with van der Waals surface area (Å²) in [6.45, 7) is 0.777. The Morgan fingerprint density at radius 1 is 1.48 bits per heavy atom. The van der Waals surface area contributed by atoms with Gasteiger partial charge in [-0.2, -0.15) is 0 Å². The van der Waals surface area contributed by atoms with Crippen molar-refractivity contribution in [3.05, 3.63) is 40.8 Å². The molecule has 1 aliphatic heterocycles. The highest BCUT2D eigenvalue weighted by Gasteiger charge is 2.47. The van der Waals surface area contributed by atoms with Crippen molar-refractivity contribution >= 4 is 17.7 Å². The average molecular weight is 339 g/mol. The van der Waals surface area contributed by atoms with Crippen LogP contribution in [0.2, 0.25) is 0 Å². The molecule has 1 fully saturated rings. The van der Waals surface area contributed by atoms with Gasteiger partial charge in [-0.3, -0.25) is 4.79 Å². The maximum absolute atomic E-state index is 11.4. The van der Waals surface area contributed by atoms with E-state index in [2.05, 4.69) is 10.0 Å². The molecule has 1 aromatic carbocycles. The maximum atomic E-state index is 11.4. The maximum Gasteiger partial charge on any atom is 0.303 e. The third kappa shape index (κ3) is 4.37. The van der Waals surface area contributed by atoms with Crippen LogP contribution < -0.4 is 0 Å². The standard InChI is InChI=1S/C14H17N3O5S/c1-8(19)21-13-11(16-17-15)12(20)10(7-18)22-14(13)23-9-5-3-2-4-6-9/h2-6,10-14,18,20H,7H2,1H3/t10?,11-,12?,13?,14+/m1/s1. The Bertz CT molecular complexity index is 581. The first-order valence-electron chi connectivity index (χ1n) is 6.94. The lowest BCUT2D eigenvalue weighted by Gasteiger charge is -2.41. The van der Waals surface area contributed by atoms with Crippen LogP contribution in [0.3, 0.4) is 0 Å². The van der Waals surface area contributed by atoms with Crippen molar-refractivity contribution in [3.63, 3.8) is 0 Å². The minimum Gasteiger partial charge on any atom is -0.458 e. The van der Waals surface area contributed by atoms with Crippen LogP contribution in [0.25, 0.3) is 10.4 Å². The SMILES string of the molecule is CC(=O)OC1[C@H](N=[N+]=[N-])C(O)C(CO)O[C@H]1Sc1ccccc1. The van der Waals surface area contributed by atoms with Gasteiger partial charge in [0.25, 0.3) is 0 Å². The lowest BCUT2D eigenvalue weighted by atomic mass is 9.98. The van der Waals surface area contributed by atoms with E-state index in [4.69, 9.17) is 15.0 Å². The largest absolute Gasteiger partial charge is 0.458 e. The molecule has 2 N–H and O–H groups in total. The van der Waals surface area contributed by atoms with Gasteiger partial charge in [0.1, 0.15) is 23.7 Å². The molecule has 23 heavy (non-hydrogen) atoms. The van der Waals surface area contributed by atoms with Crippen LogP contribution in [0.15, 0.2) is 40.3 Å². The molecule has 9 heteroatoms. The van der Waals surface area contributed by atoms with Gasteiger partial charge in [0.2, 0.25) is 0 Å². The second-order valence-electron chi connectivity index (χ2n) is 4.92. The van der Waals surface area contributed by atoms with Gasteiger partial charge in [-0.25, -0.2) is 0 Å². The van der Waals surface area contributed by atoms with E-state index < -0.39 is 42.4 Å². The highest BCUT2D eigenvalue weighted by molar-refractivity contribution is 7.99. The molecule has 1 aromatic rings. The van der Waals surface area contributed by atoms with E-state index in [1.165, 1.54) is 18.7 Å². The summed E-state index contributed by atoms with van der Waals surface area (Å²) in [5.41, 5.74) is 8.00. The van der Waals surface area contributed by atoms with Crippen molar-refractivity contribution < 1.29 is 24.5 Å². The van der Waals surface area contributed by atoms with E-state index in [1.807, 2.05) is 30.3 Å². The number of azide groups is 1. The number of hydrogen-bond acceptors (Lipinski definition) is 7. The van der Waals surface area contributed by atoms with Crippen molar-refractivity contribution in [1.82, 2.24) is 0 Å². The number of hydrogen-bond donors (Lipinski definition) is 2. The van der Waals surface area contributed by atoms with E-state index in [0.29, 0.717) is 0 Å². The zero-order chi connectivity index (χ0) is 16.8. The third-order valence-corrected chi connectivity index (χ3v) is 4.46. The Morgan fingerprint density at radius 3 is 2.74 bits per heavy atom. The molecule has 0 saturated carbocycles. The first-order chi connectivity index (χ1) is 11.1. The number of esters is 1. The molecule has 2 rings (SSSR count). The third-order valence-electron chi connectivity index (χ3n) is 3.31. The van der Waals surface area contributed by atoms with Crippen LogP contribution in [-0.4, -0.2) is 52.6 Å². The molecule has 3 unspecified atom stereocenters. The van der Waals surface area contributed by atoms with E-state index in [0.717, 1.165) is 4.90 Å². The Balaban J connectivity index is 2.30. The number of carbonyl (C=O) groups is 1. The van der Waals surface area contributed by atoms with Crippen LogP contribution in [-0.2, 0) is 14.3 Å². The average Bonchev–Trinajstić information content (AvgIpc) is 2.54. The summed E-state index contributed by atoms with van der Waals surface area (Å²) in [7, 11) is 0. The van der Waals surface area contributed by atoms with Gasteiger partial charge >= 0.3 is 5.97 Å². The molecule has 1 saturated heterocycles. The quantitative estimate of drug-likeness (QED) is 0.362. The summed E-state index contributed by atoms with van der Waals surface area (Å²) in [4.78, 5) is 14.9. The lowest BCUT2D eigenvalue weighted by molar-refractivity contribution is -0.184. The molecule has 1 aliphatic rings. The minimum absolute atomic E-state index is 0.447. The van der Waals surface area contributed by atoms with Crippen molar-refractivity contribution in [2.75, 3.05) is 6.61 Å². The molecule has 8 nitrogen and oxygen atoms in total. The van der Waals surface area contributed by atoms with Crippen molar-refractivity contribution in [1.29, 1.82) is 0 Å². The predicted octanol–water partition coefficient (Wildman–Crippen LogP) is 1.47. The number of aliphatic hydroxyl groups excluding tert-OH is 2. The van der Waals surface area contributed by atoms with Crippen molar-refractivity contribution in [3.8, 4) is 0 Å². The summed E-state index contributed by atoms with van der Waals surface area (Å²) in [6.07, 6.45) is -3.17. The topological polar surface area (TPSA) is 125 Å². The fourth-order valence-corrected chi connectivity index (χ4v) is 3.43. The number of rotatable bonds is 5. The van der Waals surface area contributed by atoms with Crippen LogP contribution in [0.5, 0.6) is 0 Å². The molecule has 0 bridgehead atoms. The molecular weight excluding hydrogens is 322 g/mol. The van der Waals surface area contributed by atoms with Gasteiger partial charge < -0.3 is 19.7 Å². The zero-order valence-corrected chi connectivity index (χ0v) is 13.2. The first kappa shape index (κ1) is 17.6. The van der Waals surface area contributed by atoms with Gasteiger partial charge in [0.05, 0.1) is 12.7 Å². The second-order valence-corrected chi connectivity index (χ2v) is 6.09. The van der Waals surface area contributed by atoms with Gasteiger partial charge in [0.15, 0.2) is 0 Å². The number of thioether (sulfide) groups is 1. The van der Waals surface area contributed by atoms with E-state index in [-0.39, 0.29) is 0 Å². The van der Waals surface area contributed by atoms with Gasteiger partial charge in [0, 0.05) is 16.7 Å². The molecule has 124 valence electrons. The van der Waals surface area contributed by atoms with Gasteiger partial charge in [-0.1, -0.05) is 35.1 Å². The summed E-state index contributed by atoms with van der Waals surface area (Å²) < 4.78 is 10.9. The normalized spacial score (nSPS) is 30.3. The number of nitrogens with zero attached hydrogens (tertiary/aromatic N) is 3. The number of ether oxygens (including phenoxy) is 2. The molecule has 0 spiro atoms. The number of aliphatic hydroxyl groups is 2. The molecule has 0 amide bonds. The first-order valence-corrected chi connectivity index (χ1v) is 7.82. The van der Waals surface area contributed by atoms with Crippen LogP contribution in [0, 0.1) is 0 Å². The number of carbonyl (C=O) groups excluding carboxylic acids is 1.